The zero-order valence-corrected chi connectivity index (χ0v) is 38.7. The van der Waals surface area contributed by atoms with Gasteiger partial charge in [-0.1, -0.05) is 158 Å². The van der Waals surface area contributed by atoms with E-state index in [1.54, 1.807) is 41.5 Å². The molecule has 66 heavy (non-hydrogen) atoms. The van der Waals surface area contributed by atoms with Gasteiger partial charge in [-0.25, -0.2) is 0 Å². The van der Waals surface area contributed by atoms with E-state index >= 15 is 0 Å². The number of hydrogen-bond donors (Lipinski definition) is 2. The first-order valence-corrected chi connectivity index (χ1v) is 22.7. The SMILES string of the molecule is COC(=O)C(C[C@H](NC1(c2ccccc2)c2ccccc2-c2ccccc21)C(=O)OC(C)(C)C)C(=O)CC[C@H](NC1(c2ccccc2)c2ccccc2-c2ccccc21)C(=O)OC(C)(C)C. The third kappa shape index (κ3) is 8.73. The molecule has 0 saturated heterocycles. The van der Waals surface area contributed by atoms with E-state index in [2.05, 4.69) is 47.0 Å². The van der Waals surface area contributed by atoms with Crippen LogP contribution in [0.4, 0.5) is 0 Å². The molecule has 2 aliphatic rings. The van der Waals surface area contributed by atoms with E-state index in [0.717, 1.165) is 55.6 Å². The molecule has 0 amide bonds. The molecule has 0 bridgehead atoms. The topological polar surface area (TPSA) is 120 Å². The minimum atomic E-state index is -1.41. The van der Waals surface area contributed by atoms with Crippen LogP contribution in [-0.4, -0.2) is 54.1 Å². The molecule has 0 fully saturated rings. The third-order valence-electron chi connectivity index (χ3n) is 12.5. The molecular formula is C57H58N2O7. The Kier molecular flexibility index (Phi) is 12.7. The summed E-state index contributed by atoms with van der Waals surface area (Å²) in [7, 11) is 1.23. The smallest absolute Gasteiger partial charge is 0.323 e. The van der Waals surface area contributed by atoms with Gasteiger partial charge in [0.2, 0.25) is 0 Å². The Bertz CT molecular complexity index is 2660. The molecule has 0 heterocycles. The maximum Gasteiger partial charge on any atom is 0.323 e. The molecule has 8 rings (SSSR count). The van der Waals surface area contributed by atoms with E-state index in [9.17, 15) is 19.2 Å². The fraction of sp³-hybridized carbons (Fsp3) is 0.298. The third-order valence-corrected chi connectivity index (χ3v) is 12.5. The fourth-order valence-corrected chi connectivity index (χ4v) is 9.88. The zero-order chi connectivity index (χ0) is 46.9. The van der Waals surface area contributed by atoms with E-state index in [0.29, 0.717) is 0 Å². The average molecular weight is 883 g/mol. The molecule has 0 saturated carbocycles. The summed E-state index contributed by atoms with van der Waals surface area (Å²) in [6.07, 6.45) is -0.528. The molecule has 2 N–H and O–H groups in total. The van der Waals surface area contributed by atoms with Gasteiger partial charge in [0.05, 0.1) is 18.2 Å². The molecule has 0 aliphatic heterocycles. The molecule has 1 unspecified atom stereocenters. The molecule has 0 spiro atoms. The van der Waals surface area contributed by atoms with Gasteiger partial charge in [0.1, 0.15) is 35.0 Å². The number of carbonyl (C=O) groups is 4. The number of methoxy groups -OCH3 is 1. The van der Waals surface area contributed by atoms with Crippen molar-refractivity contribution in [3.8, 4) is 22.3 Å². The normalized spacial score (nSPS) is 15.5. The van der Waals surface area contributed by atoms with Crippen LogP contribution in [-0.2, 0) is 44.5 Å². The highest BCUT2D eigenvalue weighted by atomic mass is 16.6. The van der Waals surface area contributed by atoms with Gasteiger partial charge in [-0.3, -0.25) is 29.8 Å². The highest BCUT2D eigenvalue weighted by Gasteiger charge is 2.50. The average Bonchev–Trinajstić information content (AvgIpc) is 3.76. The van der Waals surface area contributed by atoms with Crippen LogP contribution >= 0.6 is 0 Å². The lowest BCUT2D eigenvalue weighted by Gasteiger charge is -2.38. The molecule has 6 aromatic rings. The minimum absolute atomic E-state index is 0.0284. The first-order chi connectivity index (χ1) is 31.6. The summed E-state index contributed by atoms with van der Waals surface area (Å²) < 4.78 is 17.5. The second-order valence-electron chi connectivity index (χ2n) is 19.2. The van der Waals surface area contributed by atoms with E-state index < -0.39 is 64.0 Å². The summed E-state index contributed by atoms with van der Waals surface area (Å²) in [6, 6.07) is 49.9. The van der Waals surface area contributed by atoms with Crippen LogP contribution in [0.15, 0.2) is 158 Å². The number of nitrogens with one attached hydrogen (secondary N) is 2. The van der Waals surface area contributed by atoms with Crippen LogP contribution < -0.4 is 10.6 Å². The van der Waals surface area contributed by atoms with Gasteiger partial charge in [0.15, 0.2) is 0 Å². The van der Waals surface area contributed by atoms with Crippen molar-refractivity contribution in [1.82, 2.24) is 10.6 Å². The molecular weight excluding hydrogens is 825 g/mol. The lowest BCUT2D eigenvalue weighted by molar-refractivity contribution is -0.159. The van der Waals surface area contributed by atoms with Crippen LogP contribution in [0.2, 0.25) is 0 Å². The Morgan fingerprint density at radius 1 is 0.470 bits per heavy atom. The second-order valence-corrected chi connectivity index (χ2v) is 19.2. The first-order valence-electron chi connectivity index (χ1n) is 22.7. The summed E-state index contributed by atoms with van der Waals surface area (Å²) in [4.78, 5) is 58.1. The van der Waals surface area contributed by atoms with E-state index in [4.69, 9.17) is 14.2 Å². The largest absolute Gasteiger partial charge is 0.468 e. The van der Waals surface area contributed by atoms with Crippen LogP contribution in [0.3, 0.4) is 0 Å². The predicted octanol–water partition coefficient (Wildman–Crippen LogP) is 10.1. The molecule has 2 aliphatic carbocycles. The maximum atomic E-state index is 14.9. The van der Waals surface area contributed by atoms with Crippen molar-refractivity contribution in [2.24, 2.45) is 5.92 Å². The van der Waals surface area contributed by atoms with Gasteiger partial charge in [-0.05, 0) is 110 Å². The van der Waals surface area contributed by atoms with Crippen LogP contribution in [0.25, 0.3) is 22.3 Å². The molecule has 9 nitrogen and oxygen atoms in total. The minimum Gasteiger partial charge on any atom is -0.468 e. The Morgan fingerprint density at radius 3 is 1.17 bits per heavy atom. The van der Waals surface area contributed by atoms with Crippen molar-refractivity contribution in [2.75, 3.05) is 7.11 Å². The van der Waals surface area contributed by atoms with E-state index in [1.807, 2.05) is 121 Å². The fourth-order valence-electron chi connectivity index (χ4n) is 9.88. The summed E-state index contributed by atoms with van der Waals surface area (Å²) in [6.45, 7) is 10.8. The maximum absolute atomic E-state index is 14.9. The van der Waals surface area contributed by atoms with Crippen molar-refractivity contribution in [3.05, 3.63) is 191 Å². The number of carbonyl (C=O) groups excluding carboxylic acids is 4. The van der Waals surface area contributed by atoms with E-state index in [1.165, 1.54) is 7.11 Å². The van der Waals surface area contributed by atoms with Gasteiger partial charge in [0.25, 0.3) is 0 Å². The lowest BCUT2D eigenvalue weighted by atomic mass is 9.79. The highest BCUT2D eigenvalue weighted by molar-refractivity contribution is 6.00. The number of benzene rings is 6. The Balaban J connectivity index is 1.18. The van der Waals surface area contributed by atoms with Gasteiger partial charge in [-0.15, -0.1) is 0 Å². The molecule has 338 valence electrons. The number of fused-ring (bicyclic) bond motifs is 6. The van der Waals surface area contributed by atoms with Crippen LogP contribution in [0.1, 0.15) is 94.2 Å². The Morgan fingerprint density at radius 2 is 0.803 bits per heavy atom. The van der Waals surface area contributed by atoms with Crippen molar-refractivity contribution in [3.63, 3.8) is 0 Å². The van der Waals surface area contributed by atoms with Crippen LogP contribution in [0.5, 0.6) is 0 Å². The summed E-state index contributed by atoms with van der Waals surface area (Å²) in [5, 5.41) is 7.49. The summed E-state index contributed by atoms with van der Waals surface area (Å²) >= 11 is 0. The number of rotatable bonds is 15. The zero-order valence-electron chi connectivity index (χ0n) is 38.7. The molecule has 6 aromatic carbocycles. The predicted molar refractivity (Wildman–Crippen MR) is 256 cm³/mol. The lowest BCUT2D eigenvalue weighted by Crippen LogP contribution is -2.54. The van der Waals surface area contributed by atoms with Crippen molar-refractivity contribution < 1.29 is 33.4 Å². The van der Waals surface area contributed by atoms with Gasteiger partial charge in [0, 0.05) is 6.42 Å². The highest BCUT2D eigenvalue weighted by Crippen LogP contribution is 2.53. The number of hydrogen-bond acceptors (Lipinski definition) is 9. The number of Topliss-reactive ketones (excluding diaryl/α,β-unsaturated/α-hetero) is 1. The van der Waals surface area contributed by atoms with Crippen molar-refractivity contribution in [1.29, 1.82) is 0 Å². The van der Waals surface area contributed by atoms with Crippen LogP contribution in [0, 0.1) is 5.92 Å². The van der Waals surface area contributed by atoms with Gasteiger partial charge < -0.3 is 14.2 Å². The molecule has 3 atom stereocenters. The van der Waals surface area contributed by atoms with E-state index in [-0.39, 0.29) is 19.3 Å². The summed E-state index contributed by atoms with van der Waals surface area (Å²) in [5.41, 5.74) is 5.73. The Hall–Kier alpha value is -6.68. The molecule has 0 radical (unpaired) electrons. The monoisotopic (exact) mass is 882 g/mol. The standard InChI is InChI=1S/C57H58N2O7/c1-54(2,3)65-52(62)48(58-56(37-22-10-8-11-23-37)44-30-18-14-26-39(44)40-27-15-19-31-45(40)56)34-35-50(60)43(51(61)64-7)36-49(53(63)66-55(4,5)6)59-57(38-24-12-9-13-25-38)46-32-20-16-28-41(46)42-29-17-21-33-47(42)57/h8-33,43,48-49,58-59H,34-36H2,1-7H3/t43?,48-,49-/m0/s1. The van der Waals surface area contributed by atoms with Gasteiger partial charge >= 0.3 is 17.9 Å². The number of esters is 3. The van der Waals surface area contributed by atoms with Crippen molar-refractivity contribution in [2.45, 2.75) is 95.2 Å². The molecule has 0 aromatic heterocycles. The molecule has 9 heteroatoms. The number of ether oxygens (including phenoxy) is 3. The van der Waals surface area contributed by atoms with Crippen molar-refractivity contribution >= 4 is 23.7 Å². The summed E-state index contributed by atoms with van der Waals surface area (Å²) in [5.74, 6) is -3.86. The first kappa shape index (κ1) is 45.9. The number of ketones is 1. The quantitative estimate of drug-likeness (QED) is 0.0590. The Labute approximate surface area is 387 Å². The second kappa shape index (κ2) is 18.3. The van der Waals surface area contributed by atoms with Gasteiger partial charge in [-0.2, -0.15) is 0 Å².